The molecule has 0 bridgehead atoms. The number of rotatable bonds is 7. The molecule has 1 unspecified atom stereocenters. The van der Waals surface area contributed by atoms with Crippen molar-refractivity contribution in [3.63, 3.8) is 0 Å². The number of carbonyl (C=O) groups excluding carboxylic acids is 2. The van der Waals surface area contributed by atoms with E-state index in [1.54, 1.807) is 31.2 Å². The number of aliphatic hydroxyl groups excluding tert-OH is 1. The summed E-state index contributed by atoms with van der Waals surface area (Å²) < 4.78 is 10.7. The molecule has 3 rings (SSSR count). The highest BCUT2D eigenvalue weighted by atomic mass is 16.5. The van der Waals surface area contributed by atoms with Crippen LogP contribution in [0, 0.1) is 0 Å². The van der Waals surface area contributed by atoms with E-state index >= 15 is 0 Å². The number of furan rings is 1. The van der Waals surface area contributed by atoms with Gasteiger partial charge < -0.3 is 19.2 Å². The maximum absolute atomic E-state index is 12.8. The number of carbonyl (C=O) groups is 2. The standard InChI is InChI=1S/C21H21NO5/c1-3-22-19(14-7-5-8-16(13-14)26-4-2)18(20(24)21(22)25)17(23)11-10-15-9-6-12-27-15/h5-13,19,24H,3-4H2,1-2H3/b11-10+. The molecule has 27 heavy (non-hydrogen) atoms. The molecule has 0 aliphatic carbocycles. The fourth-order valence-corrected chi connectivity index (χ4v) is 3.15. The van der Waals surface area contributed by atoms with E-state index in [4.69, 9.17) is 9.15 Å². The molecule has 2 aromatic rings. The van der Waals surface area contributed by atoms with Gasteiger partial charge in [0.2, 0.25) is 0 Å². The first-order valence-electron chi connectivity index (χ1n) is 8.79. The SMILES string of the molecule is CCOc1cccc(C2C(C(=O)/C=C/c3ccco3)=C(O)C(=O)N2CC)c1. The minimum Gasteiger partial charge on any atom is -0.503 e. The number of allylic oxidation sites excluding steroid dienone is 1. The molecule has 1 aliphatic heterocycles. The molecule has 6 heteroatoms. The van der Waals surface area contributed by atoms with Crippen LogP contribution in [0.5, 0.6) is 5.75 Å². The molecule has 0 fully saturated rings. The molecule has 2 heterocycles. The molecule has 0 saturated heterocycles. The maximum Gasteiger partial charge on any atom is 0.290 e. The molecule has 0 radical (unpaired) electrons. The summed E-state index contributed by atoms with van der Waals surface area (Å²) >= 11 is 0. The number of benzene rings is 1. The number of nitrogens with zero attached hydrogens (tertiary/aromatic N) is 1. The molecule has 1 aromatic heterocycles. The Morgan fingerprint density at radius 2 is 2.11 bits per heavy atom. The minimum absolute atomic E-state index is 0.0540. The molecular weight excluding hydrogens is 346 g/mol. The summed E-state index contributed by atoms with van der Waals surface area (Å²) in [6.45, 7) is 4.54. The van der Waals surface area contributed by atoms with E-state index in [-0.39, 0.29) is 5.57 Å². The number of hydrogen-bond donors (Lipinski definition) is 1. The Morgan fingerprint density at radius 3 is 2.78 bits per heavy atom. The predicted molar refractivity (Wildman–Crippen MR) is 100 cm³/mol. The van der Waals surface area contributed by atoms with Gasteiger partial charge in [0.1, 0.15) is 11.5 Å². The van der Waals surface area contributed by atoms with Crippen LogP contribution in [-0.2, 0) is 9.59 Å². The lowest BCUT2D eigenvalue weighted by molar-refractivity contribution is -0.129. The van der Waals surface area contributed by atoms with Gasteiger partial charge in [0.15, 0.2) is 11.5 Å². The Morgan fingerprint density at radius 1 is 1.30 bits per heavy atom. The number of aliphatic hydroxyl groups is 1. The Labute approximate surface area is 157 Å². The third-order valence-electron chi connectivity index (χ3n) is 4.34. The van der Waals surface area contributed by atoms with Crippen molar-refractivity contribution in [1.82, 2.24) is 4.90 Å². The predicted octanol–water partition coefficient (Wildman–Crippen LogP) is 3.68. The van der Waals surface area contributed by atoms with E-state index in [1.807, 2.05) is 19.1 Å². The zero-order valence-electron chi connectivity index (χ0n) is 15.2. The van der Waals surface area contributed by atoms with Crippen LogP contribution in [-0.4, -0.2) is 34.8 Å². The first-order chi connectivity index (χ1) is 13.1. The van der Waals surface area contributed by atoms with Crippen LogP contribution < -0.4 is 4.74 Å². The van der Waals surface area contributed by atoms with Gasteiger partial charge in [-0.2, -0.15) is 0 Å². The van der Waals surface area contributed by atoms with Crippen molar-refractivity contribution < 1.29 is 23.8 Å². The zero-order valence-corrected chi connectivity index (χ0v) is 15.2. The summed E-state index contributed by atoms with van der Waals surface area (Å²) in [5.41, 5.74) is 0.758. The summed E-state index contributed by atoms with van der Waals surface area (Å²) in [5, 5.41) is 10.4. The van der Waals surface area contributed by atoms with Gasteiger partial charge in [0, 0.05) is 6.54 Å². The van der Waals surface area contributed by atoms with Gasteiger partial charge in [-0.15, -0.1) is 0 Å². The van der Waals surface area contributed by atoms with Crippen molar-refractivity contribution in [3.8, 4) is 5.75 Å². The fraction of sp³-hybridized carbons (Fsp3) is 0.238. The summed E-state index contributed by atoms with van der Waals surface area (Å²) in [5.74, 6) is -0.366. The van der Waals surface area contributed by atoms with Crippen LogP contribution in [0.25, 0.3) is 6.08 Å². The van der Waals surface area contributed by atoms with Crippen molar-refractivity contribution in [1.29, 1.82) is 0 Å². The number of ketones is 1. The highest BCUT2D eigenvalue weighted by molar-refractivity contribution is 6.14. The van der Waals surface area contributed by atoms with Gasteiger partial charge in [-0.25, -0.2) is 0 Å². The molecule has 1 aromatic carbocycles. The van der Waals surface area contributed by atoms with Crippen LogP contribution >= 0.6 is 0 Å². The lowest BCUT2D eigenvalue weighted by Gasteiger charge is -2.25. The molecule has 1 atom stereocenters. The third-order valence-corrected chi connectivity index (χ3v) is 4.34. The highest BCUT2D eigenvalue weighted by Crippen LogP contribution is 2.38. The second-order valence-electron chi connectivity index (χ2n) is 5.97. The van der Waals surface area contributed by atoms with E-state index in [2.05, 4.69) is 0 Å². The monoisotopic (exact) mass is 367 g/mol. The van der Waals surface area contributed by atoms with E-state index in [1.165, 1.54) is 23.3 Å². The second kappa shape index (κ2) is 7.95. The molecule has 6 nitrogen and oxygen atoms in total. The van der Waals surface area contributed by atoms with Gasteiger partial charge in [0.25, 0.3) is 5.91 Å². The maximum atomic E-state index is 12.8. The molecule has 1 aliphatic rings. The number of likely N-dealkylation sites (N-methyl/N-ethyl adjacent to an activating group) is 1. The second-order valence-corrected chi connectivity index (χ2v) is 5.97. The number of ether oxygens (including phenoxy) is 1. The Balaban J connectivity index is 1.99. The van der Waals surface area contributed by atoms with Crippen LogP contribution in [0.15, 0.2) is 64.5 Å². The zero-order chi connectivity index (χ0) is 19.4. The lowest BCUT2D eigenvalue weighted by Crippen LogP contribution is -2.30. The van der Waals surface area contributed by atoms with E-state index in [0.717, 1.165) is 0 Å². The topological polar surface area (TPSA) is 80.0 Å². The van der Waals surface area contributed by atoms with Crippen LogP contribution in [0.4, 0.5) is 0 Å². The highest BCUT2D eigenvalue weighted by Gasteiger charge is 2.42. The van der Waals surface area contributed by atoms with Crippen molar-refractivity contribution >= 4 is 17.8 Å². The molecule has 0 spiro atoms. The lowest BCUT2D eigenvalue weighted by atomic mass is 9.95. The molecule has 1 N–H and O–H groups in total. The normalized spacial score (nSPS) is 17.2. The molecule has 0 saturated carbocycles. The molecule has 1 amide bonds. The van der Waals surface area contributed by atoms with Crippen LogP contribution in [0.1, 0.15) is 31.2 Å². The van der Waals surface area contributed by atoms with Crippen LogP contribution in [0.3, 0.4) is 0 Å². The van der Waals surface area contributed by atoms with Gasteiger partial charge in [-0.05, 0) is 55.8 Å². The number of amides is 1. The van der Waals surface area contributed by atoms with E-state index in [9.17, 15) is 14.7 Å². The summed E-state index contributed by atoms with van der Waals surface area (Å²) in [7, 11) is 0. The minimum atomic E-state index is -0.670. The Hall–Kier alpha value is -3.28. The van der Waals surface area contributed by atoms with Gasteiger partial charge >= 0.3 is 0 Å². The average Bonchev–Trinajstić information content (AvgIpc) is 3.27. The first kappa shape index (κ1) is 18.5. The van der Waals surface area contributed by atoms with Gasteiger partial charge in [0.05, 0.1) is 24.5 Å². The quantitative estimate of drug-likeness (QED) is 0.755. The summed E-state index contributed by atoms with van der Waals surface area (Å²) in [6, 6.07) is 9.95. The third kappa shape index (κ3) is 3.65. The van der Waals surface area contributed by atoms with Crippen LogP contribution in [0.2, 0.25) is 0 Å². The summed E-state index contributed by atoms with van der Waals surface area (Å²) in [4.78, 5) is 26.7. The van der Waals surface area contributed by atoms with Crippen molar-refractivity contribution in [2.24, 2.45) is 0 Å². The Bertz CT molecular complexity index is 895. The van der Waals surface area contributed by atoms with Crippen molar-refractivity contribution in [3.05, 3.63) is 71.4 Å². The van der Waals surface area contributed by atoms with Gasteiger partial charge in [-0.3, -0.25) is 9.59 Å². The smallest absolute Gasteiger partial charge is 0.290 e. The average molecular weight is 367 g/mol. The Kier molecular flexibility index (Phi) is 5.45. The number of hydrogen-bond acceptors (Lipinski definition) is 5. The van der Waals surface area contributed by atoms with E-state index in [0.29, 0.717) is 30.2 Å². The summed E-state index contributed by atoms with van der Waals surface area (Å²) in [6.07, 6.45) is 4.31. The molecule has 140 valence electrons. The van der Waals surface area contributed by atoms with E-state index < -0.39 is 23.5 Å². The largest absolute Gasteiger partial charge is 0.503 e. The molecular formula is C21H21NO5. The van der Waals surface area contributed by atoms with Gasteiger partial charge in [-0.1, -0.05) is 12.1 Å². The first-order valence-corrected chi connectivity index (χ1v) is 8.79. The van der Waals surface area contributed by atoms with Crippen molar-refractivity contribution in [2.75, 3.05) is 13.2 Å². The fourth-order valence-electron chi connectivity index (χ4n) is 3.15. The van der Waals surface area contributed by atoms with Crippen molar-refractivity contribution in [2.45, 2.75) is 19.9 Å².